The Bertz CT molecular complexity index is 1490. The number of alkyl halides is 3. The van der Waals surface area contributed by atoms with Crippen molar-refractivity contribution >= 4 is 55.5 Å². The van der Waals surface area contributed by atoms with Crippen LogP contribution in [0.3, 0.4) is 0 Å². The standard InChI is InChI=1S/C24H23F3N6O3S/c1-13(21(35)33-7-9-36-10-8-33)28-20(34)14-3-6-18-17(11-14)29-22(32(18)2)31-23-30-16-5-4-15(24(25,26)27)12-19(16)37-23/h3-6,11-13H,7-10H2,1-2H3,(H,28,34)(H,29,30,31)/t13-/m0/s1. The van der Waals surface area contributed by atoms with Gasteiger partial charge in [0.15, 0.2) is 5.13 Å². The summed E-state index contributed by atoms with van der Waals surface area (Å²) in [7, 11) is 1.77. The second kappa shape index (κ2) is 9.63. The van der Waals surface area contributed by atoms with E-state index in [4.69, 9.17) is 4.74 Å². The summed E-state index contributed by atoms with van der Waals surface area (Å²) in [6, 6.07) is 7.72. The van der Waals surface area contributed by atoms with Gasteiger partial charge in [0.1, 0.15) is 6.04 Å². The third-order valence-electron chi connectivity index (χ3n) is 6.12. The van der Waals surface area contributed by atoms with Gasteiger partial charge in [-0.05, 0) is 43.3 Å². The summed E-state index contributed by atoms with van der Waals surface area (Å²) in [6.45, 7) is 3.59. The van der Waals surface area contributed by atoms with Crippen molar-refractivity contribution in [2.24, 2.45) is 7.05 Å². The molecule has 0 unspecified atom stereocenters. The lowest BCUT2D eigenvalue weighted by Gasteiger charge is -2.29. The van der Waals surface area contributed by atoms with Crippen molar-refractivity contribution in [1.82, 2.24) is 24.8 Å². The van der Waals surface area contributed by atoms with Crippen LogP contribution in [0.2, 0.25) is 0 Å². The number of carbonyl (C=O) groups excluding carboxylic acids is 2. The molecule has 4 aromatic rings. The van der Waals surface area contributed by atoms with E-state index in [0.29, 0.717) is 58.7 Å². The molecule has 9 nitrogen and oxygen atoms in total. The predicted molar refractivity (Wildman–Crippen MR) is 133 cm³/mol. The number of aromatic nitrogens is 3. The summed E-state index contributed by atoms with van der Waals surface area (Å²) < 4.78 is 46.5. The van der Waals surface area contributed by atoms with Crippen molar-refractivity contribution in [2.75, 3.05) is 31.6 Å². The van der Waals surface area contributed by atoms with Crippen LogP contribution in [-0.4, -0.2) is 63.6 Å². The summed E-state index contributed by atoms with van der Waals surface area (Å²) in [5.74, 6) is -0.151. The van der Waals surface area contributed by atoms with E-state index in [1.807, 2.05) is 0 Å². The lowest BCUT2D eigenvalue weighted by atomic mass is 10.1. The zero-order chi connectivity index (χ0) is 26.3. The van der Waals surface area contributed by atoms with Gasteiger partial charge in [-0.3, -0.25) is 9.59 Å². The first-order chi connectivity index (χ1) is 17.6. The van der Waals surface area contributed by atoms with Crippen molar-refractivity contribution in [2.45, 2.75) is 19.1 Å². The van der Waals surface area contributed by atoms with Gasteiger partial charge in [0.25, 0.3) is 5.91 Å². The van der Waals surface area contributed by atoms with Crippen LogP contribution in [-0.2, 0) is 22.8 Å². The number of ether oxygens (including phenoxy) is 1. The second-order valence-corrected chi connectivity index (χ2v) is 9.69. The van der Waals surface area contributed by atoms with Crippen LogP contribution >= 0.6 is 11.3 Å². The number of morpholine rings is 1. The van der Waals surface area contributed by atoms with E-state index in [2.05, 4.69) is 20.6 Å². The molecular weight excluding hydrogens is 509 g/mol. The Morgan fingerprint density at radius 3 is 2.57 bits per heavy atom. The van der Waals surface area contributed by atoms with Crippen molar-refractivity contribution in [1.29, 1.82) is 0 Å². The zero-order valence-corrected chi connectivity index (χ0v) is 20.7. The molecule has 1 aliphatic heterocycles. The summed E-state index contributed by atoms with van der Waals surface area (Å²) >= 11 is 1.09. The molecule has 2 aromatic carbocycles. The Kier molecular flexibility index (Phi) is 6.50. The van der Waals surface area contributed by atoms with Crippen LogP contribution in [0.25, 0.3) is 21.3 Å². The van der Waals surface area contributed by atoms with E-state index in [-0.39, 0.29) is 5.91 Å². The molecule has 1 atom stereocenters. The van der Waals surface area contributed by atoms with E-state index in [1.54, 1.807) is 41.6 Å². The maximum atomic E-state index is 13.0. The number of amides is 2. The summed E-state index contributed by atoms with van der Waals surface area (Å²) in [5.41, 5.74) is 1.32. The van der Waals surface area contributed by atoms with Gasteiger partial charge in [-0.15, -0.1) is 0 Å². The molecule has 0 radical (unpaired) electrons. The molecule has 0 bridgehead atoms. The number of benzene rings is 2. The quantitative estimate of drug-likeness (QED) is 0.404. The molecule has 194 valence electrons. The summed E-state index contributed by atoms with van der Waals surface area (Å²) in [5, 5.41) is 6.19. The van der Waals surface area contributed by atoms with Crippen LogP contribution in [0.5, 0.6) is 0 Å². The number of fused-ring (bicyclic) bond motifs is 2. The minimum Gasteiger partial charge on any atom is -0.378 e. The predicted octanol–water partition coefficient (Wildman–Crippen LogP) is 3.92. The van der Waals surface area contributed by atoms with Gasteiger partial charge in [0, 0.05) is 25.7 Å². The Labute approximate surface area is 213 Å². The normalized spacial score (nSPS) is 15.2. The van der Waals surface area contributed by atoms with Crippen LogP contribution < -0.4 is 10.6 Å². The molecule has 3 heterocycles. The first-order valence-corrected chi connectivity index (χ1v) is 12.3. The van der Waals surface area contributed by atoms with E-state index in [9.17, 15) is 22.8 Å². The van der Waals surface area contributed by atoms with Gasteiger partial charge < -0.3 is 24.8 Å². The van der Waals surface area contributed by atoms with Crippen LogP contribution in [0.15, 0.2) is 36.4 Å². The molecule has 0 aliphatic carbocycles. The van der Waals surface area contributed by atoms with E-state index >= 15 is 0 Å². The second-order valence-electron chi connectivity index (χ2n) is 8.66. The number of aryl methyl sites for hydroxylation is 1. The number of rotatable bonds is 5. The number of thiazole rings is 1. The molecular formula is C24H23F3N6O3S. The fraction of sp³-hybridized carbons (Fsp3) is 0.333. The first-order valence-electron chi connectivity index (χ1n) is 11.5. The minimum absolute atomic E-state index is 0.166. The SMILES string of the molecule is C[C@H](NC(=O)c1ccc2c(c1)nc(Nc1nc3ccc(C(F)(F)F)cc3s1)n2C)C(=O)N1CCOCC1. The average molecular weight is 533 g/mol. The Balaban J connectivity index is 1.33. The van der Waals surface area contributed by atoms with Gasteiger partial charge in [-0.25, -0.2) is 9.97 Å². The van der Waals surface area contributed by atoms with Crippen LogP contribution in [0, 0.1) is 0 Å². The van der Waals surface area contributed by atoms with Crippen molar-refractivity contribution < 1.29 is 27.5 Å². The molecule has 1 aliphatic rings. The molecule has 0 spiro atoms. The van der Waals surface area contributed by atoms with Gasteiger partial charge in [0.2, 0.25) is 11.9 Å². The van der Waals surface area contributed by atoms with Gasteiger partial charge in [0.05, 0.1) is 40.0 Å². The molecule has 2 amide bonds. The number of halogens is 3. The van der Waals surface area contributed by atoms with Crippen LogP contribution in [0.4, 0.5) is 24.3 Å². The average Bonchev–Trinajstić information content (AvgIpc) is 3.42. The molecule has 2 N–H and O–H groups in total. The number of hydrogen-bond acceptors (Lipinski definition) is 7. The van der Waals surface area contributed by atoms with Crippen molar-refractivity contribution in [3.8, 4) is 0 Å². The Morgan fingerprint density at radius 1 is 1.08 bits per heavy atom. The van der Waals surface area contributed by atoms with Gasteiger partial charge >= 0.3 is 6.18 Å². The van der Waals surface area contributed by atoms with Crippen LogP contribution in [0.1, 0.15) is 22.8 Å². The topological polar surface area (TPSA) is 101 Å². The Morgan fingerprint density at radius 2 is 1.84 bits per heavy atom. The Hall–Kier alpha value is -3.71. The summed E-state index contributed by atoms with van der Waals surface area (Å²) in [4.78, 5) is 36.0. The minimum atomic E-state index is -4.43. The lowest BCUT2D eigenvalue weighted by molar-refractivity contribution is -0.137. The molecule has 1 saturated heterocycles. The molecule has 13 heteroatoms. The number of nitrogens with zero attached hydrogens (tertiary/aromatic N) is 4. The van der Waals surface area contributed by atoms with Crippen molar-refractivity contribution in [3.05, 3.63) is 47.5 Å². The zero-order valence-electron chi connectivity index (χ0n) is 19.9. The lowest BCUT2D eigenvalue weighted by Crippen LogP contribution is -2.50. The number of imidazole rings is 1. The van der Waals surface area contributed by atoms with E-state index < -0.39 is 23.7 Å². The third kappa shape index (κ3) is 5.09. The number of anilines is 2. The van der Waals surface area contributed by atoms with Gasteiger partial charge in [-0.2, -0.15) is 13.2 Å². The number of nitrogens with one attached hydrogen (secondary N) is 2. The first kappa shape index (κ1) is 25.0. The fourth-order valence-corrected chi connectivity index (χ4v) is 5.00. The van der Waals surface area contributed by atoms with Gasteiger partial charge in [-0.1, -0.05) is 11.3 Å². The maximum Gasteiger partial charge on any atom is 0.416 e. The summed E-state index contributed by atoms with van der Waals surface area (Å²) in [6.07, 6.45) is -4.43. The molecule has 5 rings (SSSR count). The van der Waals surface area contributed by atoms with Crippen molar-refractivity contribution in [3.63, 3.8) is 0 Å². The maximum absolute atomic E-state index is 13.0. The smallest absolute Gasteiger partial charge is 0.378 e. The number of hydrogen-bond donors (Lipinski definition) is 2. The monoisotopic (exact) mass is 532 g/mol. The highest BCUT2D eigenvalue weighted by Gasteiger charge is 2.31. The molecule has 1 fully saturated rings. The van der Waals surface area contributed by atoms with E-state index in [1.165, 1.54) is 6.07 Å². The fourth-order valence-electron chi connectivity index (χ4n) is 4.10. The number of carbonyl (C=O) groups is 2. The molecule has 0 saturated carbocycles. The third-order valence-corrected chi connectivity index (χ3v) is 7.05. The highest BCUT2D eigenvalue weighted by atomic mass is 32.1. The highest BCUT2D eigenvalue weighted by molar-refractivity contribution is 7.22. The molecule has 37 heavy (non-hydrogen) atoms. The molecule has 2 aromatic heterocycles. The highest BCUT2D eigenvalue weighted by Crippen LogP contribution is 2.35. The largest absolute Gasteiger partial charge is 0.416 e. The van der Waals surface area contributed by atoms with E-state index in [0.717, 1.165) is 29.0 Å².